The number of hydrogen-bond donors (Lipinski definition) is 2. The maximum absolute atomic E-state index is 9.10. The van der Waals surface area contributed by atoms with Crippen molar-refractivity contribution < 1.29 is 24.5 Å². The molecule has 0 amide bonds. The Morgan fingerprint density at radius 1 is 1.00 bits per heavy atom. The molecule has 2 rings (SSSR count). The van der Waals surface area contributed by atoms with E-state index in [1.807, 2.05) is 0 Å². The molecule has 6 heteroatoms. The second-order valence-electron chi connectivity index (χ2n) is 8.02. The van der Waals surface area contributed by atoms with E-state index in [1.165, 1.54) is 49.2 Å². The molecule has 28 heavy (non-hydrogen) atoms. The van der Waals surface area contributed by atoms with Crippen LogP contribution in [0.2, 0.25) is 0 Å². The molecule has 1 saturated heterocycles. The number of carboxylic acid groups (broad SMARTS) is 2. The van der Waals surface area contributed by atoms with Crippen molar-refractivity contribution in [2.75, 3.05) is 26.2 Å². The Morgan fingerprint density at radius 3 is 2.07 bits per heavy atom. The SMILES string of the molecule is Cc1ccc(C)c(OCCCCN2CC(C)CC(C)C2)c1C.O=C(O)C(=O)O. The Kier molecular flexibility index (Phi) is 10.0. The number of hydrogen-bond acceptors (Lipinski definition) is 4. The van der Waals surface area contributed by atoms with Crippen molar-refractivity contribution in [1.29, 1.82) is 0 Å². The average molecular weight is 394 g/mol. The van der Waals surface area contributed by atoms with Gasteiger partial charge in [-0.05, 0) is 75.1 Å². The maximum Gasteiger partial charge on any atom is 0.414 e. The minimum absolute atomic E-state index is 0.837. The van der Waals surface area contributed by atoms with Crippen molar-refractivity contribution >= 4 is 11.9 Å². The van der Waals surface area contributed by atoms with Gasteiger partial charge < -0.3 is 19.8 Å². The third-order valence-electron chi connectivity index (χ3n) is 5.12. The third-order valence-corrected chi connectivity index (χ3v) is 5.12. The molecule has 2 atom stereocenters. The number of ether oxygens (including phenoxy) is 1. The molecule has 0 bridgehead atoms. The van der Waals surface area contributed by atoms with Crippen molar-refractivity contribution in [3.05, 3.63) is 28.8 Å². The first-order valence-corrected chi connectivity index (χ1v) is 10.00. The normalized spacial score (nSPS) is 19.5. The fourth-order valence-electron chi connectivity index (χ4n) is 3.73. The second-order valence-corrected chi connectivity index (χ2v) is 8.02. The van der Waals surface area contributed by atoms with Crippen LogP contribution in [0.5, 0.6) is 5.75 Å². The third kappa shape index (κ3) is 8.30. The molecule has 1 aliphatic heterocycles. The summed E-state index contributed by atoms with van der Waals surface area (Å²) in [6, 6.07) is 4.34. The molecule has 0 radical (unpaired) electrons. The molecule has 0 aliphatic carbocycles. The lowest BCUT2D eigenvalue weighted by atomic mass is 9.92. The van der Waals surface area contributed by atoms with Gasteiger partial charge in [0.1, 0.15) is 5.75 Å². The van der Waals surface area contributed by atoms with Crippen LogP contribution in [-0.4, -0.2) is 53.3 Å². The number of nitrogens with zero attached hydrogens (tertiary/aromatic N) is 1. The Labute approximate surface area is 168 Å². The monoisotopic (exact) mass is 393 g/mol. The lowest BCUT2D eigenvalue weighted by Gasteiger charge is -2.34. The minimum atomic E-state index is -1.82. The van der Waals surface area contributed by atoms with E-state index in [4.69, 9.17) is 24.5 Å². The summed E-state index contributed by atoms with van der Waals surface area (Å²) in [7, 11) is 0. The van der Waals surface area contributed by atoms with E-state index in [0.29, 0.717) is 0 Å². The summed E-state index contributed by atoms with van der Waals surface area (Å²) >= 11 is 0. The van der Waals surface area contributed by atoms with E-state index in [9.17, 15) is 0 Å². The highest BCUT2D eigenvalue weighted by Crippen LogP contribution is 2.26. The van der Waals surface area contributed by atoms with E-state index in [-0.39, 0.29) is 0 Å². The number of aliphatic carboxylic acids is 2. The molecule has 0 saturated carbocycles. The molecule has 1 aliphatic rings. The number of benzene rings is 1. The van der Waals surface area contributed by atoms with Crippen LogP contribution in [0.15, 0.2) is 12.1 Å². The fraction of sp³-hybridized carbons (Fsp3) is 0.636. The Bertz CT molecular complexity index is 637. The van der Waals surface area contributed by atoms with Gasteiger partial charge in [-0.25, -0.2) is 9.59 Å². The van der Waals surface area contributed by atoms with E-state index >= 15 is 0 Å². The van der Waals surface area contributed by atoms with E-state index in [2.05, 4.69) is 51.7 Å². The molecule has 2 unspecified atom stereocenters. The summed E-state index contributed by atoms with van der Waals surface area (Å²) in [5.41, 5.74) is 3.86. The molecular weight excluding hydrogens is 358 g/mol. The van der Waals surface area contributed by atoms with Crippen molar-refractivity contribution in [1.82, 2.24) is 4.90 Å². The summed E-state index contributed by atoms with van der Waals surface area (Å²) in [5, 5.41) is 14.8. The number of unbranched alkanes of at least 4 members (excludes halogenated alkanes) is 1. The second kappa shape index (κ2) is 11.7. The van der Waals surface area contributed by atoms with Crippen LogP contribution in [0.25, 0.3) is 0 Å². The van der Waals surface area contributed by atoms with Crippen LogP contribution in [0.4, 0.5) is 0 Å². The largest absolute Gasteiger partial charge is 0.493 e. The summed E-state index contributed by atoms with van der Waals surface area (Å²) in [5.74, 6) is -0.833. The number of carbonyl (C=O) groups is 2. The van der Waals surface area contributed by atoms with Gasteiger partial charge in [0.25, 0.3) is 0 Å². The van der Waals surface area contributed by atoms with Crippen LogP contribution in [-0.2, 0) is 9.59 Å². The molecular formula is C22H35NO5. The highest BCUT2D eigenvalue weighted by atomic mass is 16.5. The molecule has 1 fully saturated rings. The molecule has 1 aromatic carbocycles. The molecule has 0 spiro atoms. The molecule has 1 aromatic rings. The van der Waals surface area contributed by atoms with E-state index in [0.717, 1.165) is 30.6 Å². The molecule has 2 N–H and O–H groups in total. The number of likely N-dealkylation sites (tertiary alicyclic amines) is 1. The van der Waals surface area contributed by atoms with Gasteiger partial charge in [-0.1, -0.05) is 26.0 Å². The lowest BCUT2D eigenvalue weighted by Crippen LogP contribution is -2.39. The van der Waals surface area contributed by atoms with Gasteiger partial charge in [0.05, 0.1) is 6.61 Å². The predicted octanol–water partition coefficient (Wildman–Crippen LogP) is 3.90. The number of rotatable bonds is 6. The van der Waals surface area contributed by atoms with Crippen LogP contribution in [0, 0.1) is 32.6 Å². The van der Waals surface area contributed by atoms with Crippen molar-refractivity contribution in [2.24, 2.45) is 11.8 Å². The summed E-state index contributed by atoms with van der Waals surface area (Å²) in [6.07, 6.45) is 3.78. The highest BCUT2D eigenvalue weighted by Gasteiger charge is 2.20. The quantitative estimate of drug-likeness (QED) is 0.563. The Hall–Kier alpha value is -2.08. The molecule has 0 aromatic heterocycles. The number of aryl methyl sites for hydroxylation is 2. The van der Waals surface area contributed by atoms with Crippen LogP contribution in [0.1, 0.15) is 49.8 Å². The maximum atomic E-state index is 9.10. The summed E-state index contributed by atoms with van der Waals surface area (Å²) < 4.78 is 6.06. The first-order valence-electron chi connectivity index (χ1n) is 10.00. The zero-order valence-electron chi connectivity index (χ0n) is 17.8. The standard InChI is InChI=1S/C20H33NO.C2H2O4/c1-15-12-16(2)14-21(13-15)10-6-7-11-22-20-18(4)9-8-17(3)19(20)5;3-1(4)2(5)6/h8-9,15-16H,6-7,10-14H2,1-5H3;(H,3,4)(H,5,6). The van der Waals surface area contributed by atoms with Gasteiger partial charge in [-0.15, -0.1) is 0 Å². The number of carboxylic acids is 2. The topological polar surface area (TPSA) is 87.1 Å². The Balaban J connectivity index is 0.000000568. The van der Waals surface area contributed by atoms with Crippen molar-refractivity contribution in [3.8, 4) is 5.75 Å². The van der Waals surface area contributed by atoms with Gasteiger partial charge in [-0.3, -0.25) is 0 Å². The van der Waals surface area contributed by atoms with Crippen molar-refractivity contribution in [2.45, 2.75) is 53.9 Å². The van der Waals surface area contributed by atoms with Crippen LogP contribution < -0.4 is 4.74 Å². The average Bonchev–Trinajstić information content (AvgIpc) is 2.60. The zero-order chi connectivity index (χ0) is 21.3. The van der Waals surface area contributed by atoms with Gasteiger partial charge in [0.2, 0.25) is 0 Å². The number of piperidine rings is 1. The lowest BCUT2D eigenvalue weighted by molar-refractivity contribution is -0.159. The molecule has 1 heterocycles. The van der Waals surface area contributed by atoms with Crippen LogP contribution >= 0.6 is 0 Å². The van der Waals surface area contributed by atoms with Gasteiger partial charge in [0, 0.05) is 13.1 Å². The van der Waals surface area contributed by atoms with Crippen molar-refractivity contribution in [3.63, 3.8) is 0 Å². The molecule has 6 nitrogen and oxygen atoms in total. The smallest absolute Gasteiger partial charge is 0.414 e. The van der Waals surface area contributed by atoms with Gasteiger partial charge in [-0.2, -0.15) is 0 Å². The van der Waals surface area contributed by atoms with Gasteiger partial charge in [0.15, 0.2) is 0 Å². The fourth-order valence-corrected chi connectivity index (χ4v) is 3.73. The predicted molar refractivity (Wildman–Crippen MR) is 110 cm³/mol. The van der Waals surface area contributed by atoms with E-state index in [1.54, 1.807) is 0 Å². The van der Waals surface area contributed by atoms with E-state index < -0.39 is 11.9 Å². The molecule has 158 valence electrons. The highest BCUT2D eigenvalue weighted by molar-refractivity contribution is 6.27. The van der Waals surface area contributed by atoms with Crippen LogP contribution in [0.3, 0.4) is 0 Å². The summed E-state index contributed by atoms with van der Waals surface area (Å²) in [6.45, 7) is 15.8. The first kappa shape index (κ1) is 24.0. The summed E-state index contributed by atoms with van der Waals surface area (Å²) in [4.78, 5) is 20.8. The first-order chi connectivity index (χ1) is 13.1. The van der Waals surface area contributed by atoms with Gasteiger partial charge >= 0.3 is 11.9 Å². The zero-order valence-corrected chi connectivity index (χ0v) is 17.8. The minimum Gasteiger partial charge on any atom is -0.493 e. The Morgan fingerprint density at radius 2 is 1.54 bits per heavy atom.